The van der Waals surface area contributed by atoms with E-state index in [4.69, 9.17) is 4.74 Å². The zero-order valence-electron chi connectivity index (χ0n) is 10.7. The smallest absolute Gasteiger partial charge is 0.245 e. The van der Waals surface area contributed by atoms with E-state index in [2.05, 4.69) is 20.3 Å². The fraction of sp³-hybridized carbons (Fsp3) is 0.500. The minimum Gasteiger partial charge on any atom is -0.373 e. The van der Waals surface area contributed by atoms with Crippen molar-refractivity contribution >= 4 is 11.6 Å². The Morgan fingerprint density at radius 1 is 1.53 bits per heavy atom. The molecule has 3 heterocycles. The number of fused-ring (bicyclic) bond motifs is 1. The quantitative estimate of drug-likeness (QED) is 0.864. The third-order valence-corrected chi connectivity index (χ3v) is 3.14. The largest absolute Gasteiger partial charge is 0.373 e. The highest BCUT2D eigenvalue weighted by Gasteiger charge is 2.22. The molecule has 0 amide bonds. The first-order valence-electron chi connectivity index (χ1n) is 6.29. The van der Waals surface area contributed by atoms with Crippen LogP contribution in [0.4, 0.5) is 10.3 Å². The Kier molecular flexibility index (Phi) is 3.31. The van der Waals surface area contributed by atoms with Gasteiger partial charge in [-0.1, -0.05) is 0 Å². The SMILES string of the molecule is CNCC1CN(c2nc3ccc(F)cn3n2)CCO1. The lowest BCUT2D eigenvalue weighted by Gasteiger charge is -2.31. The van der Waals surface area contributed by atoms with Gasteiger partial charge in [0.2, 0.25) is 5.95 Å². The average molecular weight is 265 g/mol. The Bertz CT molecular complexity index is 570. The molecule has 0 bridgehead atoms. The highest BCUT2D eigenvalue weighted by atomic mass is 19.1. The van der Waals surface area contributed by atoms with Crippen molar-refractivity contribution in [3.8, 4) is 0 Å². The lowest BCUT2D eigenvalue weighted by Crippen LogP contribution is -2.46. The fourth-order valence-corrected chi connectivity index (χ4v) is 2.23. The molecule has 1 aliphatic rings. The van der Waals surface area contributed by atoms with E-state index in [-0.39, 0.29) is 11.9 Å². The summed E-state index contributed by atoms with van der Waals surface area (Å²) in [7, 11) is 1.90. The van der Waals surface area contributed by atoms with E-state index in [1.807, 2.05) is 7.05 Å². The van der Waals surface area contributed by atoms with Gasteiger partial charge >= 0.3 is 0 Å². The van der Waals surface area contributed by atoms with Gasteiger partial charge in [-0.15, -0.1) is 5.10 Å². The molecule has 0 saturated carbocycles. The number of halogens is 1. The summed E-state index contributed by atoms with van der Waals surface area (Å²) in [6, 6.07) is 3.01. The van der Waals surface area contributed by atoms with Crippen molar-refractivity contribution in [2.24, 2.45) is 0 Å². The molecule has 6 nitrogen and oxygen atoms in total. The number of morpholine rings is 1. The highest BCUT2D eigenvalue weighted by molar-refractivity contribution is 5.44. The van der Waals surface area contributed by atoms with Crippen molar-refractivity contribution in [3.05, 3.63) is 24.1 Å². The molecule has 19 heavy (non-hydrogen) atoms. The Hall–Kier alpha value is -1.73. The minimum atomic E-state index is -0.320. The monoisotopic (exact) mass is 265 g/mol. The molecule has 3 rings (SSSR count). The van der Waals surface area contributed by atoms with Crippen molar-refractivity contribution < 1.29 is 9.13 Å². The second-order valence-corrected chi connectivity index (χ2v) is 4.56. The van der Waals surface area contributed by atoms with Gasteiger partial charge in [-0.2, -0.15) is 4.98 Å². The zero-order valence-corrected chi connectivity index (χ0v) is 10.7. The van der Waals surface area contributed by atoms with Crippen LogP contribution < -0.4 is 10.2 Å². The van der Waals surface area contributed by atoms with Crippen LogP contribution >= 0.6 is 0 Å². The molecule has 1 atom stereocenters. The number of rotatable bonds is 3. The van der Waals surface area contributed by atoms with Gasteiger partial charge in [0, 0.05) is 19.6 Å². The van der Waals surface area contributed by atoms with Gasteiger partial charge in [-0.3, -0.25) is 0 Å². The van der Waals surface area contributed by atoms with Crippen LogP contribution in [0, 0.1) is 5.82 Å². The van der Waals surface area contributed by atoms with Gasteiger partial charge < -0.3 is 15.0 Å². The molecule has 2 aromatic rings. The summed E-state index contributed by atoms with van der Waals surface area (Å²) in [6.07, 6.45) is 1.46. The molecule has 1 saturated heterocycles. The predicted octanol–water partition coefficient (Wildman–Crippen LogP) is 0.293. The number of anilines is 1. The van der Waals surface area contributed by atoms with E-state index >= 15 is 0 Å². The first-order chi connectivity index (χ1) is 9.26. The number of hydrogen-bond donors (Lipinski definition) is 1. The van der Waals surface area contributed by atoms with E-state index in [1.54, 1.807) is 6.07 Å². The first-order valence-corrected chi connectivity index (χ1v) is 6.29. The summed E-state index contributed by atoms with van der Waals surface area (Å²) < 4.78 is 20.2. The molecule has 2 aromatic heterocycles. The topological polar surface area (TPSA) is 54.7 Å². The van der Waals surface area contributed by atoms with Crippen molar-refractivity contribution in [3.63, 3.8) is 0 Å². The first kappa shape index (κ1) is 12.3. The number of pyridine rings is 1. The third-order valence-electron chi connectivity index (χ3n) is 3.14. The van der Waals surface area contributed by atoms with Crippen LogP contribution in [0.5, 0.6) is 0 Å². The van der Waals surface area contributed by atoms with Gasteiger partial charge in [-0.05, 0) is 19.2 Å². The Labute approximate surface area is 110 Å². The zero-order chi connectivity index (χ0) is 13.2. The molecule has 1 fully saturated rings. The summed E-state index contributed by atoms with van der Waals surface area (Å²) in [5.74, 6) is 0.300. The number of ether oxygens (including phenoxy) is 1. The van der Waals surface area contributed by atoms with Crippen molar-refractivity contribution in [2.75, 3.05) is 38.2 Å². The molecule has 0 spiro atoms. The molecule has 7 heteroatoms. The molecule has 0 radical (unpaired) electrons. The fourth-order valence-electron chi connectivity index (χ4n) is 2.23. The Morgan fingerprint density at radius 2 is 2.42 bits per heavy atom. The van der Waals surface area contributed by atoms with Gasteiger partial charge in [0.05, 0.1) is 18.9 Å². The summed E-state index contributed by atoms with van der Waals surface area (Å²) in [4.78, 5) is 6.47. The van der Waals surface area contributed by atoms with Crippen LogP contribution in [-0.2, 0) is 4.74 Å². The summed E-state index contributed by atoms with van der Waals surface area (Å²) in [6.45, 7) is 2.93. The van der Waals surface area contributed by atoms with Crippen LogP contribution in [0.25, 0.3) is 5.65 Å². The Morgan fingerprint density at radius 3 is 3.26 bits per heavy atom. The van der Waals surface area contributed by atoms with Gasteiger partial charge in [0.15, 0.2) is 5.65 Å². The van der Waals surface area contributed by atoms with Crippen molar-refractivity contribution in [2.45, 2.75) is 6.10 Å². The van der Waals surface area contributed by atoms with Crippen LogP contribution in [0.1, 0.15) is 0 Å². The van der Waals surface area contributed by atoms with Crippen molar-refractivity contribution in [1.82, 2.24) is 19.9 Å². The van der Waals surface area contributed by atoms with E-state index in [9.17, 15) is 4.39 Å². The third kappa shape index (κ3) is 2.52. The minimum absolute atomic E-state index is 0.127. The lowest BCUT2D eigenvalue weighted by atomic mass is 10.3. The molecule has 1 unspecified atom stereocenters. The molecular weight excluding hydrogens is 249 g/mol. The molecule has 1 N–H and O–H groups in total. The maximum Gasteiger partial charge on any atom is 0.245 e. The van der Waals surface area contributed by atoms with E-state index in [0.29, 0.717) is 18.2 Å². The number of nitrogens with one attached hydrogen (secondary N) is 1. The van der Waals surface area contributed by atoms with Crippen molar-refractivity contribution in [1.29, 1.82) is 0 Å². The number of likely N-dealkylation sites (N-methyl/N-ethyl adjacent to an activating group) is 1. The molecular formula is C12H16FN5O. The number of nitrogens with zero attached hydrogens (tertiary/aromatic N) is 4. The van der Waals surface area contributed by atoms with E-state index in [1.165, 1.54) is 16.8 Å². The molecule has 102 valence electrons. The predicted molar refractivity (Wildman–Crippen MR) is 68.8 cm³/mol. The maximum atomic E-state index is 13.1. The highest BCUT2D eigenvalue weighted by Crippen LogP contribution is 2.15. The summed E-state index contributed by atoms with van der Waals surface area (Å²) >= 11 is 0. The van der Waals surface area contributed by atoms with Crippen LogP contribution in [0.2, 0.25) is 0 Å². The number of aromatic nitrogens is 3. The van der Waals surface area contributed by atoms with Gasteiger partial charge in [-0.25, -0.2) is 8.91 Å². The molecule has 0 aromatic carbocycles. The van der Waals surface area contributed by atoms with E-state index in [0.717, 1.165) is 19.6 Å². The van der Waals surface area contributed by atoms with Crippen LogP contribution in [0.15, 0.2) is 18.3 Å². The van der Waals surface area contributed by atoms with Gasteiger partial charge in [0.25, 0.3) is 0 Å². The van der Waals surface area contributed by atoms with E-state index < -0.39 is 0 Å². The van der Waals surface area contributed by atoms with Crippen LogP contribution in [0.3, 0.4) is 0 Å². The van der Waals surface area contributed by atoms with Gasteiger partial charge in [0.1, 0.15) is 5.82 Å². The number of hydrogen-bond acceptors (Lipinski definition) is 5. The lowest BCUT2D eigenvalue weighted by molar-refractivity contribution is 0.0416. The average Bonchev–Trinajstić information content (AvgIpc) is 2.82. The Balaban J connectivity index is 1.83. The second-order valence-electron chi connectivity index (χ2n) is 4.56. The normalized spacial score (nSPS) is 20.1. The maximum absolute atomic E-state index is 13.1. The van der Waals surface area contributed by atoms with Crippen LogP contribution in [-0.4, -0.2) is 54.0 Å². The summed E-state index contributed by atoms with van der Waals surface area (Å²) in [5.41, 5.74) is 0.646. The standard InChI is InChI=1S/C12H16FN5O/c1-14-6-10-8-17(4-5-19-10)12-15-11-3-2-9(13)7-18(11)16-12/h2-3,7,10,14H,4-6,8H2,1H3. The molecule has 1 aliphatic heterocycles. The second kappa shape index (κ2) is 5.10. The summed E-state index contributed by atoms with van der Waals surface area (Å²) in [5, 5.41) is 7.40. The molecule has 0 aliphatic carbocycles.